The number of hydrogen-bond acceptors (Lipinski definition) is 2. The third-order valence-corrected chi connectivity index (χ3v) is 3.12. The van der Waals surface area contributed by atoms with Gasteiger partial charge in [0.2, 0.25) is 0 Å². The molecule has 1 aliphatic rings. The quantitative estimate of drug-likeness (QED) is 0.711. The molecule has 0 saturated heterocycles. The maximum absolute atomic E-state index is 5.42. The van der Waals surface area contributed by atoms with Gasteiger partial charge in [0, 0.05) is 25.6 Å². The first kappa shape index (κ1) is 11.6. The van der Waals surface area contributed by atoms with Crippen LogP contribution in [0.2, 0.25) is 0 Å². The third-order valence-electron chi connectivity index (χ3n) is 3.12. The highest BCUT2D eigenvalue weighted by atomic mass is 16.5. The van der Waals surface area contributed by atoms with Gasteiger partial charge in [-0.2, -0.15) is 0 Å². The number of hydrogen-bond donors (Lipinski definition) is 1. The summed E-state index contributed by atoms with van der Waals surface area (Å²) in [4.78, 5) is 0. The Morgan fingerprint density at radius 1 is 1.31 bits per heavy atom. The van der Waals surface area contributed by atoms with Crippen LogP contribution in [-0.2, 0) is 11.2 Å². The number of nitrogens with one attached hydrogen (secondary N) is 1. The van der Waals surface area contributed by atoms with Crippen LogP contribution in [0.15, 0.2) is 24.3 Å². The summed E-state index contributed by atoms with van der Waals surface area (Å²) in [5.41, 5.74) is 3.06. The molecule has 2 rings (SSSR count). The Morgan fingerprint density at radius 3 is 3.00 bits per heavy atom. The second kappa shape index (κ2) is 6.02. The van der Waals surface area contributed by atoms with E-state index in [0.717, 1.165) is 38.6 Å². The monoisotopic (exact) mass is 219 g/mol. The molecule has 0 bridgehead atoms. The molecule has 88 valence electrons. The molecular weight excluding hydrogens is 198 g/mol. The van der Waals surface area contributed by atoms with E-state index >= 15 is 0 Å². The van der Waals surface area contributed by atoms with Crippen molar-refractivity contribution in [2.75, 3.05) is 26.3 Å². The normalized spacial score (nSPS) is 17.9. The maximum atomic E-state index is 5.42. The molecule has 0 spiro atoms. The maximum Gasteiger partial charge on any atom is 0.0590 e. The first-order valence-electron chi connectivity index (χ1n) is 6.28. The van der Waals surface area contributed by atoms with E-state index in [0.29, 0.717) is 0 Å². The molecule has 1 N–H and O–H groups in total. The highest BCUT2D eigenvalue weighted by molar-refractivity contribution is 5.40. The molecule has 1 aliphatic carbocycles. The van der Waals surface area contributed by atoms with Gasteiger partial charge in [0.25, 0.3) is 0 Å². The number of benzene rings is 1. The van der Waals surface area contributed by atoms with Crippen molar-refractivity contribution in [3.63, 3.8) is 0 Å². The van der Waals surface area contributed by atoms with Crippen molar-refractivity contribution in [3.8, 4) is 0 Å². The Kier molecular flexibility index (Phi) is 4.37. The second-order valence-corrected chi connectivity index (χ2v) is 4.42. The van der Waals surface area contributed by atoms with Gasteiger partial charge in [0.05, 0.1) is 6.61 Å². The van der Waals surface area contributed by atoms with Crippen LogP contribution in [-0.4, -0.2) is 26.3 Å². The second-order valence-electron chi connectivity index (χ2n) is 4.42. The van der Waals surface area contributed by atoms with Crippen molar-refractivity contribution in [1.29, 1.82) is 0 Å². The largest absolute Gasteiger partial charge is 0.380 e. The Balaban J connectivity index is 1.59. The van der Waals surface area contributed by atoms with E-state index in [1.807, 2.05) is 0 Å². The van der Waals surface area contributed by atoms with Crippen molar-refractivity contribution in [2.45, 2.75) is 25.7 Å². The molecule has 1 unspecified atom stereocenters. The zero-order chi connectivity index (χ0) is 11.2. The van der Waals surface area contributed by atoms with E-state index in [4.69, 9.17) is 4.74 Å². The van der Waals surface area contributed by atoms with E-state index < -0.39 is 0 Å². The van der Waals surface area contributed by atoms with E-state index in [1.54, 1.807) is 0 Å². The fraction of sp³-hybridized carbons (Fsp3) is 0.571. The number of ether oxygens (including phenoxy) is 1. The minimum Gasteiger partial charge on any atom is -0.380 e. The van der Waals surface area contributed by atoms with Crippen molar-refractivity contribution < 1.29 is 4.74 Å². The van der Waals surface area contributed by atoms with Crippen LogP contribution < -0.4 is 5.32 Å². The van der Waals surface area contributed by atoms with Gasteiger partial charge in [0.1, 0.15) is 0 Å². The number of rotatable bonds is 7. The Hall–Kier alpha value is -0.860. The van der Waals surface area contributed by atoms with E-state index in [1.165, 1.54) is 17.5 Å². The molecule has 0 saturated carbocycles. The smallest absolute Gasteiger partial charge is 0.0590 e. The topological polar surface area (TPSA) is 21.3 Å². The van der Waals surface area contributed by atoms with Gasteiger partial charge in [-0.1, -0.05) is 31.2 Å². The van der Waals surface area contributed by atoms with Gasteiger partial charge >= 0.3 is 0 Å². The molecule has 1 atom stereocenters. The first-order valence-corrected chi connectivity index (χ1v) is 6.28. The molecule has 0 aliphatic heterocycles. The lowest BCUT2D eigenvalue weighted by atomic mass is 9.78. The SMILES string of the molecule is CCCOCCNCC1Cc2ccccc21. The lowest BCUT2D eigenvalue weighted by Gasteiger charge is -2.30. The molecule has 0 amide bonds. The van der Waals surface area contributed by atoms with E-state index in [2.05, 4.69) is 36.5 Å². The highest BCUT2D eigenvalue weighted by Gasteiger charge is 2.24. The molecule has 0 fully saturated rings. The highest BCUT2D eigenvalue weighted by Crippen LogP contribution is 2.33. The van der Waals surface area contributed by atoms with Gasteiger partial charge in [-0.25, -0.2) is 0 Å². The van der Waals surface area contributed by atoms with Crippen LogP contribution in [0, 0.1) is 0 Å². The minimum atomic E-state index is 0.724. The summed E-state index contributed by atoms with van der Waals surface area (Å²) in [6, 6.07) is 8.74. The average molecular weight is 219 g/mol. The average Bonchev–Trinajstić information content (AvgIpc) is 2.28. The Labute approximate surface area is 98.0 Å². The van der Waals surface area contributed by atoms with Crippen LogP contribution in [0.25, 0.3) is 0 Å². The third kappa shape index (κ3) is 2.83. The zero-order valence-corrected chi connectivity index (χ0v) is 10.0. The van der Waals surface area contributed by atoms with Gasteiger partial charge in [0.15, 0.2) is 0 Å². The predicted octanol–water partition coefficient (Wildman–Crippen LogP) is 2.34. The summed E-state index contributed by atoms with van der Waals surface area (Å²) in [6.07, 6.45) is 2.34. The molecular formula is C14H21NO. The Morgan fingerprint density at radius 2 is 2.19 bits per heavy atom. The summed E-state index contributed by atoms with van der Waals surface area (Å²) in [6.45, 7) is 5.92. The molecule has 0 aromatic heterocycles. The van der Waals surface area contributed by atoms with Gasteiger partial charge < -0.3 is 10.1 Å². The standard InChI is InChI=1S/C14H21NO/c1-2-8-16-9-7-15-11-13-10-12-5-3-4-6-14(12)13/h3-6,13,15H,2,7-11H2,1H3. The summed E-state index contributed by atoms with van der Waals surface area (Å²) in [5.74, 6) is 0.724. The van der Waals surface area contributed by atoms with E-state index in [9.17, 15) is 0 Å². The minimum absolute atomic E-state index is 0.724. The predicted molar refractivity (Wildman–Crippen MR) is 66.9 cm³/mol. The zero-order valence-electron chi connectivity index (χ0n) is 10.0. The van der Waals surface area contributed by atoms with Crippen LogP contribution in [0.4, 0.5) is 0 Å². The molecule has 1 aromatic carbocycles. The van der Waals surface area contributed by atoms with Crippen LogP contribution in [0.5, 0.6) is 0 Å². The summed E-state index contributed by atoms with van der Waals surface area (Å²) in [7, 11) is 0. The van der Waals surface area contributed by atoms with Gasteiger partial charge in [-0.3, -0.25) is 0 Å². The van der Waals surface area contributed by atoms with Crippen molar-refractivity contribution >= 4 is 0 Å². The number of fused-ring (bicyclic) bond motifs is 1. The lowest BCUT2D eigenvalue weighted by molar-refractivity contribution is 0.136. The van der Waals surface area contributed by atoms with Crippen molar-refractivity contribution in [1.82, 2.24) is 5.32 Å². The molecule has 0 heterocycles. The summed E-state index contributed by atoms with van der Waals surface area (Å²) >= 11 is 0. The summed E-state index contributed by atoms with van der Waals surface area (Å²) in [5, 5.41) is 3.46. The van der Waals surface area contributed by atoms with Crippen molar-refractivity contribution in [2.24, 2.45) is 0 Å². The van der Waals surface area contributed by atoms with E-state index in [-0.39, 0.29) is 0 Å². The molecule has 2 nitrogen and oxygen atoms in total. The molecule has 1 aromatic rings. The Bertz CT molecular complexity index is 324. The lowest BCUT2D eigenvalue weighted by Crippen LogP contribution is -2.31. The molecule has 16 heavy (non-hydrogen) atoms. The van der Waals surface area contributed by atoms with Gasteiger partial charge in [-0.05, 0) is 24.0 Å². The first-order chi connectivity index (χ1) is 7.92. The summed E-state index contributed by atoms with van der Waals surface area (Å²) < 4.78 is 5.42. The van der Waals surface area contributed by atoms with Crippen LogP contribution >= 0.6 is 0 Å². The molecule has 2 heteroatoms. The fourth-order valence-corrected chi connectivity index (χ4v) is 2.21. The van der Waals surface area contributed by atoms with Gasteiger partial charge in [-0.15, -0.1) is 0 Å². The molecule has 0 radical (unpaired) electrons. The van der Waals surface area contributed by atoms with Crippen LogP contribution in [0.1, 0.15) is 30.4 Å². The van der Waals surface area contributed by atoms with Crippen molar-refractivity contribution in [3.05, 3.63) is 35.4 Å². The fourth-order valence-electron chi connectivity index (χ4n) is 2.21. The van der Waals surface area contributed by atoms with Crippen LogP contribution in [0.3, 0.4) is 0 Å².